The summed E-state index contributed by atoms with van der Waals surface area (Å²) in [6.45, 7) is 4.57. The fourth-order valence-electron chi connectivity index (χ4n) is 4.26. The maximum Gasteiger partial charge on any atom is 0.192 e. The number of benzene rings is 1. The third kappa shape index (κ3) is 5.08. The maximum atomic E-state index is 4.88. The van der Waals surface area contributed by atoms with Crippen LogP contribution >= 0.6 is 0 Å². The average Bonchev–Trinajstić information content (AvgIpc) is 3.35. The fraction of sp³-hybridized carbons (Fsp3) is 0.591. The number of guanidine groups is 1. The summed E-state index contributed by atoms with van der Waals surface area (Å²) in [5.41, 5.74) is 1.30. The molecule has 1 aliphatic carbocycles. The molecular formula is C22H33N7. The van der Waals surface area contributed by atoms with Crippen molar-refractivity contribution in [3.05, 3.63) is 42.0 Å². The maximum absolute atomic E-state index is 4.88. The second kappa shape index (κ2) is 9.29. The molecule has 0 spiro atoms. The van der Waals surface area contributed by atoms with Crippen LogP contribution < -0.4 is 15.5 Å². The highest BCUT2D eigenvalue weighted by Gasteiger charge is 2.24. The number of aliphatic imine (C=N–C) groups is 1. The first-order valence-electron chi connectivity index (χ1n) is 10.9. The van der Waals surface area contributed by atoms with Gasteiger partial charge in [-0.15, -0.1) is 10.2 Å². The molecule has 0 amide bonds. The highest BCUT2D eigenvalue weighted by Crippen LogP contribution is 2.20. The first kappa shape index (κ1) is 19.7. The van der Waals surface area contributed by atoms with Crippen molar-refractivity contribution >= 4 is 11.6 Å². The average molecular weight is 396 g/mol. The van der Waals surface area contributed by atoms with Crippen LogP contribution in [0, 0.1) is 6.92 Å². The molecule has 1 aromatic carbocycles. The smallest absolute Gasteiger partial charge is 0.192 e. The molecule has 1 aromatic heterocycles. The van der Waals surface area contributed by atoms with Crippen molar-refractivity contribution in [2.24, 2.45) is 12.0 Å². The minimum absolute atomic E-state index is 0.395. The Morgan fingerprint density at radius 1 is 1.03 bits per heavy atom. The lowest BCUT2D eigenvalue weighted by Crippen LogP contribution is -2.48. The molecule has 1 unspecified atom stereocenters. The molecule has 2 N–H and O–H groups in total. The summed E-state index contributed by atoms with van der Waals surface area (Å²) in [7, 11) is 2.00. The second-order valence-electron chi connectivity index (χ2n) is 8.28. The SMILES string of the molecule is Cc1nnc(CN=C(NC2CCCCC2)NC2CCN(c3ccccc3)C2)n1C. The zero-order valence-electron chi connectivity index (χ0n) is 17.6. The largest absolute Gasteiger partial charge is 0.369 e. The topological polar surface area (TPSA) is 70.4 Å². The van der Waals surface area contributed by atoms with Gasteiger partial charge >= 0.3 is 0 Å². The zero-order valence-corrected chi connectivity index (χ0v) is 17.6. The molecule has 1 saturated carbocycles. The van der Waals surface area contributed by atoms with Crippen molar-refractivity contribution in [3.63, 3.8) is 0 Å². The molecule has 2 heterocycles. The van der Waals surface area contributed by atoms with Crippen molar-refractivity contribution in [3.8, 4) is 0 Å². The van der Waals surface area contributed by atoms with Crippen molar-refractivity contribution in [2.75, 3.05) is 18.0 Å². The van der Waals surface area contributed by atoms with Gasteiger partial charge in [0.25, 0.3) is 0 Å². The van der Waals surface area contributed by atoms with Crippen LogP contribution in [0.15, 0.2) is 35.3 Å². The molecule has 1 aliphatic heterocycles. The van der Waals surface area contributed by atoms with E-state index in [0.29, 0.717) is 18.6 Å². The van der Waals surface area contributed by atoms with Crippen LogP contribution in [-0.4, -0.2) is 45.9 Å². The Morgan fingerprint density at radius 3 is 2.52 bits per heavy atom. The van der Waals surface area contributed by atoms with Gasteiger partial charge in [-0.25, -0.2) is 4.99 Å². The quantitative estimate of drug-likeness (QED) is 0.602. The first-order chi connectivity index (χ1) is 14.2. The van der Waals surface area contributed by atoms with Crippen LogP contribution in [0.4, 0.5) is 5.69 Å². The molecule has 2 fully saturated rings. The number of para-hydroxylation sites is 1. The zero-order chi connectivity index (χ0) is 20.1. The van der Waals surface area contributed by atoms with Crippen molar-refractivity contribution in [1.82, 2.24) is 25.4 Å². The Balaban J connectivity index is 1.42. The molecule has 156 valence electrons. The molecule has 4 rings (SSSR count). The van der Waals surface area contributed by atoms with E-state index >= 15 is 0 Å². The fourth-order valence-corrected chi connectivity index (χ4v) is 4.26. The van der Waals surface area contributed by atoms with Crippen LogP contribution in [0.5, 0.6) is 0 Å². The van der Waals surface area contributed by atoms with E-state index in [4.69, 9.17) is 4.99 Å². The molecule has 2 aliphatic rings. The summed E-state index contributed by atoms with van der Waals surface area (Å²) in [5.74, 6) is 2.72. The number of anilines is 1. The third-order valence-electron chi connectivity index (χ3n) is 6.16. The van der Waals surface area contributed by atoms with E-state index in [0.717, 1.165) is 37.1 Å². The minimum Gasteiger partial charge on any atom is -0.369 e. The van der Waals surface area contributed by atoms with E-state index in [1.807, 2.05) is 18.5 Å². The lowest BCUT2D eigenvalue weighted by Gasteiger charge is -2.27. The van der Waals surface area contributed by atoms with Gasteiger partial charge in [-0.2, -0.15) is 0 Å². The van der Waals surface area contributed by atoms with Crippen LogP contribution in [0.25, 0.3) is 0 Å². The number of nitrogens with zero attached hydrogens (tertiary/aromatic N) is 5. The van der Waals surface area contributed by atoms with Gasteiger partial charge < -0.3 is 20.1 Å². The van der Waals surface area contributed by atoms with E-state index in [-0.39, 0.29) is 0 Å². The van der Waals surface area contributed by atoms with Gasteiger partial charge in [0.1, 0.15) is 12.4 Å². The summed E-state index contributed by atoms with van der Waals surface area (Å²) in [4.78, 5) is 7.32. The number of hydrogen-bond donors (Lipinski definition) is 2. The summed E-state index contributed by atoms with van der Waals surface area (Å²) < 4.78 is 2.01. The van der Waals surface area contributed by atoms with Gasteiger partial charge in [0.15, 0.2) is 11.8 Å². The molecule has 7 nitrogen and oxygen atoms in total. The lowest BCUT2D eigenvalue weighted by molar-refractivity contribution is 0.408. The second-order valence-corrected chi connectivity index (χ2v) is 8.28. The van der Waals surface area contributed by atoms with Gasteiger partial charge in [0.2, 0.25) is 0 Å². The molecule has 1 saturated heterocycles. The Hall–Kier alpha value is -2.57. The summed E-state index contributed by atoms with van der Waals surface area (Å²) in [6.07, 6.45) is 7.53. The number of aryl methyl sites for hydroxylation is 1. The van der Waals surface area contributed by atoms with Crippen molar-refractivity contribution in [1.29, 1.82) is 0 Å². The number of aromatic nitrogens is 3. The predicted molar refractivity (Wildman–Crippen MR) is 117 cm³/mol. The van der Waals surface area contributed by atoms with Crippen molar-refractivity contribution in [2.45, 2.75) is 64.1 Å². The van der Waals surface area contributed by atoms with Gasteiger partial charge in [-0.1, -0.05) is 37.5 Å². The van der Waals surface area contributed by atoms with Gasteiger partial charge in [0.05, 0.1) is 0 Å². The van der Waals surface area contributed by atoms with Crippen LogP contribution in [0.2, 0.25) is 0 Å². The highest BCUT2D eigenvalue weighted by molar-refractivity contribution is 5.80. The summed E-state index contributed by atoms with van der Waals surface area (Å²) in [5, 5.41) is 15.8. The molecule has 7 heteroatoms. The number of hydrogen-bond acceptors (Lipinski definition) is 4. The van der Waals surface area contributed by atoms with Crippen LogP contribution in [-0.2, 0) is 13.6 Å². The van der Waals surface area contributed by atoms with Gasteiger partial charge in [-0.05, 0) is 38.3 Å². The Kier molecular flexibility index (Phi) is 6.32. The minimum atomic E-state index is 0.395. The molecule has 29 heavy (non-hydrogen) atoms. The molecule has 1 atom stereocenters. The first-order valence-corrected chi connectivity index (χ1v) is 10.9. The van der Waals surface area contributed by atoms with Gasteiger partial charge in [-0.3, -0.25) is 0 Å². The van der Waals surface area contributed by atoms with Crippen molar-refractivity contribution < 1.29 is 0 Å². The molecule has 0 radical (unpaired) electrons. The predicted octanol–water partition coefficient (Wildman–Crippen LogP) is 2.77. The van der Waals surface area contributed by atoms with Crippen LogP contribution in [0.3, 0.4) is 0 Å². The van der Waals surface area contributed by atoms with Crippen LogP contribution in [0.1, 0.15) is 50.2 Å². The standard InChI is InChI=1S/C22H33N7/c1-17-26-27-21(28(17)2)15-23-22(24-18-9-5-3-6-10-18)25-19-13-14-29(16-19)20-11-7-4-8-12-20/h4,7-8,11-12,18-19H,3,5-6,9-10,13-16H2,1-2H3,(H2,23,24,25). The normalized spacial score (nSPS) is 20.8. The Bertz CT molecular complexity index is 808. The third-order valence-corrected chi connectivity index (χ3v) is 6.16. The molecular weight excluding hydrogens is 362 g/mol. The summed E-state index contributed by atoms with van der Waals surface area (Å²) >= 11 is 0. The summed E-state index contributed by atoms with van der Waals surface area (Å²) in [6, 6.07) is 11.6. The number of nitrogens with one attached hydrogen (secondary N) is 2. The Labute approximate surface area is 173 Å². The highest BCUT2D eigenvalue weighted by atomic mass is 15.3. The van der Waals surface area contributed by atoms with Gasteiger partial charge in [0, 0.05) is 37.9 Å². The number of rotatable bonds is 5. The van der Waals surface area contributed by atoms with E-state index in [1.54, 1.807) is 0 Å². The monoisotopic (exact) mass is 395 g/mol. The molecule has 2 aromatic rings. The van der Waals surface area contributed by atoms with E-state index < -0.39 is 0 Å². The molecule has 0 bridgehead atoms. The Morgan fingerprint density at radius 2 is 1.79 bits per heavy atom. The van der Waals surface area contributed by atoms with E-state index in [9.17, 15) is 0 Å². The lowest BCUT2D eigenvalue weighted by atomic mass is 9.96. The van der Waals surface area contributed by atoms with E-state index in [1.165, 1.54) is 37.8 Å². The van der Waals surface area contributed by atoms with E-state index in [2.05, 4.69) is 56.1 Å².